The third-order valence-electron chi connectivity index (χ3n) is 6.67. The van der Waals surface area contributed by atoms with Crippen LogP contribution in [0.4, 0.5) is 15.3 Å². The number of urea groups is 1. The van der Waals surface area contributed by atoms with Gasteiger partial charge in [0.2, 0.25) is 5.88 Å². The van der Waals surface area contributed by atoms with Gasteiger partial charge in [0.25, 0.3) is 0 Å². The number of nitrogens with two attached hydrogens (primary N) is 1. The van der Waals surface area contributed by atoms with Gasteiger partial charge in [0.05, 0.1) is 19.3 Å². The molecule has 2 atom stereocenters. The molecular weight excluding hydrogens is 484 g/mol. The van der Waals surface area contributed by atoms with Gasteiger partial charge in [-0.3, -0.25) is 0 Å². The number of fused-ring (bicyclic) bond motifs is 3. The number of carbonyl (C=O) groups is 2. The minimum absolute atomic E-state index is 0.0637. The number of nitrogens with one attached hydrogen (secondary N) is 1. The lowest BCUT2D eigenvalue weighted by Crippen LogP contribution is -2.40. The van der Waals surface area contributed by atoms with Crippen molar-refractivity contribution in [2.45, 2.75) is 63.5 Å². The van der Waals surface area contributed by atoms with Gasteiger partial charge in [0.15, 0.2) is 9.92 Å². The van der Waals surface area contributed by atoms with Crippen LogP contribution in [0.5, 0.6) is 5.88 Å². The zero-order chi connectivity index (χ0) is 25.8. The van der Waals surface area contributed by atoms with Gasteiger partial charge >= 0.3 is 12.1 Å². The molecule has 1 aromatic carbocycles. The molecule has 3 N–H and O–H groups in total. The summed E-state index contributed by atoms with van der Waals surface area (Å²) in [5, 5.41) is 13.1. The van der Waals surface area contributed by atoms with Crippen molar-refractivity contribution in [3.63, 3.8) is 0 Å². The highest BCUT2D eigenvalue weighted by molar-refractivity contribution is 7.91. The standard InChI is InChI=1S/C24H32N6O5S/c1-24(2,3)35-23(32)29(4)11-14-12-30-21(34-13-14)19(10-26-30)36(25,33)28-22(31)27-20-17-7-5-15(17)9-16-6-8-18(16)20/h9-10,14H,5-8,11-13H2,1-4H3,(H3,25,27,28,31,33). The Morgan fingerprint density at radius 3 is 2.53 bits per heavy atom. The SMILES string of the molecule is CN(CC1COc2c(S(N)(=O)=NC(=O)Nc3c4c(cc5c3CC5)CC4)cnn2C1)C(=O)OC(C)(C)C. The van der Waals surface area contributed by atoms with Crippen molar-refractivity contribution in [2.75, 3.05) is 25.5 Å². The summed E-state index contributed by atoms with van der Waals surface area (Å²) in [4.78, 5) is 26.6. The summed E-state index contributed by atoms with van der Waals surface area (Å²) in [5.41, 5.74) is 4.99. The molecule has 0 fully saturated rings. The van der Waals surface area contributed by atoms with Gasteiger partial charge in [-0.25, -0.2) is 23.6 Å². The van der Waals surface area contributed by atoms with Gasteiger partial charge in [-0.1, -0.05) is 6.07 Å². The quantitative estimate of drug-likeness (QED) is 0.640. The van der Waals surface area contributed by atoms with Crippen LogP contribution in [0.3, 0.4) is 0 Å². The molecule has 2 heterocycles. The predicted molar refractivity (Wildman–Crippen MR) is 133 cm³/mol. The summed E-state index contributed by atoms with van der Waals surface area (Å²) >= 11 is 0. The largest absolute Gasteiger partial charge is 0.476 e. The number of hydrogen-bond donors (Lipinski definition) is 2. The lowest BCUT2D eigenvalue weighted by Gasteiger charge is -2.31. The zero-order valence-electron chi connectivity index (χ0n) is 21.0. The van der Waals surface area contributed by atoms with Crippen LogP contribution in [-0.4, -0.2) is 56.8 Å². The molecule has 0 radical (unpaired) electrons. The second kappa shape index (κ2) is 8.77. The van der Waals surface area contributed by atoms with Gasteiger partial charge in [0, 0.05) is 25.2 Å². The van der Waals surface area contributed by atoms with Crippen molar-refractivity contribution in [3.05, 3.63) is 34.5 Å². The molecule has 2 unspecified atom stereocenters. The van der Waals surface area contributed by atoms with E-state index in [1.807, 2.05) is 20.8 Å². The average Bonchev–Trinajstić information content (AvgIpc) is 3.14. The van der Waals surface area contributed by atoms with Crippen LogP contribution < -0.4 is 15.2 Å². The Hall–Kier alpha value is -3.12. The molecule has 3 amide bonds. The molecule has 3 aliphatic rings. The maximum absolute atomic E-state index is 13.3. The molecule has 1 aliphatic heterocycles. The van der Waals surface area contributed by atoms with Crippen LogP contribution >= 0.6 is 0 Å². The Balaban J connectivity index is 1.28. The smallest absolute Gasteiger partial charge is 0.410 e. The average molecular weight is 517 g/mol. The number of hydrogen-bond acceptors (Lipinski definition) is 6. The van der Waals surface area contributed by atoms with E-state index in [0.29, 0.717) is 13.1 Å². The molecule has 0 saturated carbocycles. The molecule has 12 heteroatoms. The molecule has 2 aromatic rings. The molecule has 0 bridgehead atoms. The Labute approximate surface area is 210 Å². The fourth-order valence-electron chi connectivity index (χ4n) is 4.76. The summed E-state index contributed by atoms with van der Waals surface area (Å²) in [6.07, 6.45) is 4.73. The highest BCUT2D eigenvalue weighted by Crippen LogP contribution is 2.41. The van der Waals surface area contributed by atoms with Gasteiger partial charge in [-0.05, 0) is 68.7 Å². The maximum Gasteiger partial charge on any atom is 0.410 e. The third-order valence-corrected chi connectivity index (χ3v) is 8.01. The molecule has 2 aliphatic carbocycles. The Morgan fingerprint density at radius 1 is 1.28 bits per heavy atom. The highest BCUT2D eigenvalue weighted by Gasteiger charge is 2.31. The number of nitrogens with zero attached hydrogens (tertiary/aromatic N) is 4. The number of rotatable bonds is 4. The Kier molecular flexibility index (Phi) is 5.98. The zero-order valence-corrected chi connectivity index (χ0v) is 21.8. The van der Waals surface area contributed by atoms with Crippen LogP contribution in [0.1, 0.15) is 43.0 Å². The van der Waals surface area contributed by atoms with Gasteiger partial charge in [-0.2, -0.15) is 5.10 Å². The minimum Gasteiger partial charge on any atom is -0.476 e. The van der Waals surface area contributed by atoms with Crippen LogP contribution in [-0.2, 0) is 46.9 Å². The van der Waals surface area contributed by atoms with E-state index in [2.05, 4.69) is 20.8 Å². The van der Waals surface area contributed by atoms with E-state index < -0.39 is 27.6 Å². The highest BCUT2D eigenvalue weighted by atomic mass is 32.2. The van der Waals surface area contributed by atoms with Crippen LogP contribution in [0.2, 0.25) is 0 Å². The van der Waals surface area contributed by atoms with Gasteiger partial charge < -0.3 is 19.7 Å². The summed E-state index contributed by atoms with van der Waals surface area (Å²) in [7, 11) is -1.93. The Bertz CT molecular complexity index is 1340. The van der Waals surface area contributed by atoms with E-state index in [4.69, 9.17) is 14.6 Å². The van der Waals surface area contributed by atoms with Crippen molar-refractivity contribution in [1.82, 2.24) is 14.7 Å². The third kappa shape index (κ3) is 4.66. The first-order chi connectivity index (χ1) is 16.9. The van der Waals surface area contributed by atoms with Crippen molar-refractivity contribution in [1.29, 1.82) is 0 Å². The van der Waals surface area contributed by atoms with E-state index in [-0.39, 0.29) is 23.3 Å². The second-order valence-corrected chi connectivity index (χ2v) is 12.4. The molecule has 11 nitrogen and oxygen atoms in total. The number of anilines is 1. The number of aromatic nitrogens is 2. The summed E-state index contributed by atoms with van der Waals surface area (Å²) in [6.45, 7) is 6.51. The molecular formula is C24H32N6O5S. The number of amides is 3. The van der Waals surface area contributed by atoms with Crippen molar-refractivity contribution < 1.29 is 23.3 Å². The number of ether oxygens (including phenoxy) is 2. The van der Waals surface area contributed by atoms with Crippen LogP contribution in [0.25, 0.3) is 0 Å². The molecule has 1 aromatic heterocycles. The second-order valence-electron chi connectivity index (χ2n) is 10.7. The van der Waals surface area contributed by atoms with Gasteiger partial charge in [0.1, 0.15) is 10.5 Å². The summed E-state index contributed by atoms with van der Waals surface area (Å²) < 4.78 is 29.9. The number of carbonyl (C=O) groups excluding carboxylic acids is 2. The fraction of sp³-hybridized carbons (Fsp3) is 0.542. The van der Waals surface area contributed by atoms with Crippen LogP contribution in [0.15, 0.2) is 21.5 Å². The summed E-state index contributed by atoms with van der Waals surface area (Å²) in [6, 6.07) is 1.47. The molecule has 194 valence electrons. The molecule has 0 spiro atoms. The molecule has 0 saturated heterocycles. The van der Waals surface area contributed by atoms with Crippen molar-refractivity contribution >= 4 is 27.7 Å². The first-order valence-corrected chi connectivity index (χ1v) is 13.6. The van der Waals surface area contributed by atoms with E-state index in [0.717, 1.165) is 42.5 Å². The normalized spacial score (nSPS) is 19.2. The number of benzene rings is 1. The number of aryl methyl sites for hydroxylation is 2. The summed E-state index contributed by atoms with van der Waals surface area (Å²) in [5.74, 6) is 0.161. The molecule has 36 heavy (non-hydrogen) atoms. The van der Waals surface area contributed by atoms with Gasteiger partial charge in [-0.15, -0.1) is 4.36 Å². The maximum atomic E-state index is 13.3. The first kappa shape index (κ1) is 24.6. The van der Waals surface area contributed by atoms with Crippen molar-refractivity contribution in [3.8, 4) is 5.88 Å². The predicted octanol–water partition coefficient (Wildman–Crippen LogP) is 2.89. The Morgan fingerprint density at radius 2 is 1.94 bits per heavy atom. The first-order valence-electron chi connectivity index (χ1n) is 12.1. The van der Waals surface area contributed by atoms with E-state index in [1.165, 1.54) is 26.9 Å². The molecule has 5 rings (SSSR count). The van der Waals surface area contributed by atoms with E-state index in [1.54, 1.807) is 7.05 Å². The monoisotopic (exact) mass is 516 g/mol. The lowest BCUT2D eigenvalue weighted by atomic mass is 9.76. The van der Waals surface area contributed by atoms with E-state index in [9.17, 15) is 13.8 Å². The topological polar surface area (TPSA) is 141 Å². The minimum atomic E-state index is -3.59. The van der Waals surface area contributed by atoms with Crippen molar-refractivity contribution in [2.24, 2.45) is 15.4 Å². The van der Waals surface area contributed by atoms with Crippen LogP contribution in [0, 0.1) is 5.92 Å². The fourth-order valence-corrected chi connectivity index (χ4v) is 5.77. The van der Waals surface area contributed by atoms with E-state index >= 15 is 0 Å². The lowest BCUT2D eigenvalue weighted by molar-refractivity contribution is 0.0232.